The molecule has 0 heterocycles. The van der Waals surface area contributed by atoms with Crippen molar-refractivity contribution in [2.45, 2.75) is 18.2 Å². The molecule has 1 aliphatic rings. The van der Waals surface area contributed by atoms with E-state index in [-0.39, 0.29) is 5.38 Å². The second kappa shape index (κ2) is 4.11. The maximum Gasteiger partial charge on any atom is 0.123 e. The van der Waals surface area contributed by atoms with Crippen LogP contribution in [0.4, 0.5) is 0 Å². The number of hydrogen-bond acceptors (Lipinski definition) is 1. The van der Waals surface area contributed by atoms with Crippen molar-refractivity contribution in [2.24, 2.45) is 5.92 Å². The van der Waals surface area contributed by atoms with Crippen LogP contribution in [0.3, 0.4) is 0 Å². The van der Waals surface area contributed by atoms with Crippen molar-refractivity contribution in [3.8, 4) is 5.75 Å². The third-order valence-corrected chi connectivity index (χ3v) is 3.61. The molecule has 3 heteroatoms. The van der Waals surface area contributed by atoms with Crippen molar-refractivity contribution in [2.75, 3.05) is 7.11 Å². The van der Waals surface area contributed by atoms with Crippen LogP contribution < -0.4 is 4.74 Å². The first-order chi connectivity index (χ1) is 6.72. The molecule has 2 rings (SSSR count). The number of alkyl halides is 1. The molecule has 1 aromatic carbocycles. The van der Waals surface area contributed by atoms with Gasteiger partial charge >= 0.3 is 0 Å². The van der Waals surface area contributed by atoms with Crippen molar-refractivity contribution in [3.05, 3.63) is 28.2 Å². The van der Waals surface area contributed by atoms with Crippen LogP contribution in [0.5, 0.6) is 5.75 Å². The van der Waals surface area contributed by atoms with Crippen molar-refractivity contribution >= 4 is 27.5 Å². The molecule has 1 aromatic rings. The molecule has 0 N–H and O–H groups in total. The van der Waals surface area contributed by atoms with E-state index in [1.165, 1.54) is 12.8 Å². The zero-order chi connectivity index (χ0) is 10.1. The summed E-state index contributed by atoms with van der Waals surface area (Å²) in [6, 6.07) is 5.98. The molecule has 1 nitrogen and oxygen atoms in total. The Morgan fingerprint density at radius 1 is 1.50 bits per heavy atom. The fourth-order valence-electron chi connectivity index (χ4n) is 1.56. The molecular weight excluding hydrogens is 263 g/mol. The lowest BCUT2D eigenvalue weighted by Crippen LogP contribution is -1.97. The van der Waals surface area contributed by atoms with Gasteiger partial charge in [-0.3, -0.25) is 0 Å². The first-order valence-corrected chi connectivity index (χ1v) is 5.93. The Balaban J connectivity index is 2.32. The fourth-order valence-corrected chi connectivity index (χ4v) is 2.36. The lowest BCUT2D eigenvalue weighted by molar-refractivity contribution is 0.408. The van der Waals surface area contributed by atoms with E-state index in [4.69, 9.17) is 16.3 Å². The predicted octanol–water partition coefficient (Wildman–Crippen LogP) is 4.15. The SMILES string of the molecule is COc1ccc(Br)cc1C(Cl)C1CC1. The first kappa shape index (κ1) is 10.3. The van der Waals surface area contributed by atoms with Gasteiger partial charge in [-0.05, 0) is 37.0 Å². The van der Waals surface area contributed by atoms with Crippen LogP contribution in [0.2, 0.25) is 0 Å². The lowest BCUT2D eigenvalue weighted by Gasteiger charge is -2.13. The Hall–Kier alpha value is -0.210. The van der Waals surface area contributed by atoms with Gasteiger partial charge in [0.2, 0.25) is 0 Å². The molecule has 0 radical (unpaired) electrons. The number of ether oxygens (including phenoxy) is 1. The minimum Gasteiger partial charge on any atom is -0.496 e. The summed E-state index contributed by atoms with van der Waals surface area (Å²) in [6.45, 7) is 0. The van der Waals surface area contributed by atoms with Crippen LogP contribution in [0.15, 0.2) is 22.7 Å². The van der Waals surface area contributed by atoms with E-state index < -0.39 is 0 Å². The van der Waals surface area contributed by atoms with Crippen molar-refractivity contribution in [1.29, 1.82) is 0 Å². The zero-order valence-electron chi connectivity index (χ0n) is 7.97. The summed E-state index contributed by atoms with van der Waals surface area (Å²) < 4.78 is 6.35. The molecule has 1 unspecified atom stereocenters. The third kappa shape index (κ3) is 2.06. The minimum absolute atomic E-state index is 0.0995. The summed E-state index contributed by atoms with van der Waals surface area (Å²) in [6.07, 6.45) is 2.48. The summed E-state index contributed by atoms with van der Waals surface area (Å²) in [7, 11) is 1.68. The third-order valence-electron chi connectivity index (χ3n) is 2.52. The predicted molar refractivity (Wildman–Crippen MR) is 62.0 cm³/mol. The fraction of sp³-hybridized carbons (Fsp3) is 0.455. The minimum atomic E-state index is 0.0995. The highest BCUT2D eigenvalue weighted by molar-refractivity contribution is 9.10. The second-order valence-electron chi connectivity index (χ2n) is 3.63. The van der Waals surface area contributed by atoms with Gasteiger partial charge in [0.15, 0.2) is 0 Å². The molecule has 0 spiro atoms. The highest BCUT2D eigenvalue weighted by Gasteiger charge is 2.32. The number of rotatable bonds is 3. The van der Waals surface area contributed by atoms with Gasteiger partial charge < -0.3 is 4.74 Å². The molecule has 1 aliphatic carbocycles. The van der Waals surface area contributed by atoms with Crippen molar-refractivity contribution in [3.63, 3.8) is 0 Å². The van der Waals surface area contributed by atoms with Crippen molar-refractivity contribution in [1.82, 2.24) is 0 Å². The molecule has 0 aliphatic heterocycles. The molecular formula is C11H12BrClO. The van der Waals surface area contributed by atoms with Crippen LogP contribution in [0, 0.1) is 5.92 Å². The van der Waals surface area contributed by atoms with Crippen LogP contribution >= 0.6 is 27.5 Å². The van der Waals surface area contributed by atoms with Crippen LogP contribution in [-0.4, -0.2) is 7.11 Å². The molecule has 0 saturated heterocycles. The molecule has 14 heavy (non-hydrogen) atoms. The van der Waals surface area contributed by atoms with Gasteiger partial charge in [0.25, 0.3) is 0 Å². The van der Waals surface area contributed by atoms with Crippen LogP contribution in [0.25, 0.3) is 0 Å². The quantitative estimate of drug-likeness (QED) is 0.753. The monoisotopic (exact) mass is 274 g/mol. The van der Waals surface area contributed by atoms with E-state index in [1.54, 1.807) is 7.11 Å². The topological polar surface area (TPSA) is 9.23 Å². The van der Waals surface area contributed by atoms with E-state index in [0.717, 1.165) is 15.8 Å². The standard InChI is InChI=1S/C11H12BrClO/c1-14-10-5-4-8(12)6-9(10)11(13)7-2-3-7/h4-7,11H,2-3H2,1H3. The summed E-state index contributed by atoms with van der Waals surface area (Å²) in [5, 5.41) is 0.0995. The van der Waals surface area contributed by atoms with Crippen molar-refractivity contribution < 1.29 is 4.74 Å². The van der Waals surface area contributed by atoms with E-state index in [1.807, 2.05) is 12.1 Å². The van der Waals surface area contributed by atoms with Gasteiger partial charge in [0.05, 0.1) is 12.5 Å². The van der Waals surface area contributed by atoms with Gasteiger partial charge in [-0.25, -0.2) is 0 Å². The Morgan fingerprint density at radius 2 is 2.21 bits per heavy atom. The Labute approximate surface area is 97.5 Å². The first-order valence-electron chi connectivity index (χ1n) is 4.70. The second-order valence-corrected chi connectivity index (χ2v) is 5.01. The lowest BCUT2D eigenvalue weighted by atomic mass is 10.1. The van der Waals surface area contributed by atoms with Crippen LogP contribution in [0.1, 0.15) is 23.8 Å². The smallest absolute Gasteiger partial charge is 0.123 e. The Bertz CT molecular complexity index is 336. The molecule has 0 aromatic heterocycles. The van der Waals surface area contributed by atoms with E-state index in [2.05, 4.69) is 22.0 Å². The van der Waals surface area contributed by atoms with E-state index in [0.29, 0.717) is 5.92 Å². The number of benzene rings is 1. The number of methoxy groups -OCH3 is 1. The van der Waals surface area contributed by atoms with Gasteiger partial charge in [-0.15, -0.1) is 11.6 Å². The zero-order valence-corrected chi connectivity index (χ0v) is 10.3. The molecule has 76 valence electrons. The molecule has 0 bridgehead atoms. The average molecular weight is 276 g/mol. The molecule has 0 amide bonds. The summed E-state index contributed by atoms with van der Waals surface area (Å²) in [5.41, 5.74) is 1.10. The molecule has 1 atom stereocenters. The highest BCUT2D eigenvalue weighted by atomic mass is 79.9. The maximum absolute atomic E-state index is 6.36. The largest absolute Gasteiger partial charge is 0.496 e. The van der Waals surface area contributed by atoms with E-state index in [9.17, 15) is 0 Å². The normalized spacial score (nSPS) is 17.9. The van der Waals surface area contributed by atoms with E-state index >= 15 is 0 Å². The summed E-state index contributed by atoms with van der Waals surface area (Å²) in [4.78, 5) is 0. The summed E-state index contributed by atoms with van der Waals surface area (Å²) in [5.74, 6) is 1.53. The number of hydrogen-bond donors (Lipinski definition) is 0. The average Bonchev–Trinajstić information content (AvgIpc) is 3.00. The maximum atomic E-state index is 6.36. The van der Waals surface area contributed by atoms with Gasteiger partial charge in [-0.2, -0.15) is 0 Å². The van der Waals surface area contributed by atoms with Gasteiger partial charge in [-0.1, -0.05) is 15.9 Å². The van der Waals surface area contributed by atoms with Crippen LogP contribution in [-0.2, 0) is 0 Å². The van der Waals surface area contributed by atoms with Gasteiger partial charge in [0.1, 0.15) is 5.75 Å². The Morgan fingerprint density at radius 3 is 2.79 bits per heavy atom. The molecule has 1 fully saturated rings. The highest BCUT2D eigenvalue weighted by Crippen LogP contribution is 2.47. The number of halogens is 2. The van der Waals surface area contributed by atoms with Gasteiger partial charge in [0, 0.05) is 10.0 Å². The summed E-state index contributed by atoms with van der Waals surface area (Å²) >= 11 is 9.81. The molecule has 1 saturated carbocycles. The Kier molecular flexibility index (Phi) is 3.03.